The number of hydrogen-bond acceptors (Lipinski definition) is 8. The summed E-state index contributed by atoms with van der Waals surface area (Å²) in [5.41, 5.74) is 3.62. The Labute approximate surface area is 248 Å². The van der Waals surface area contributed by atoms with Crippen LogP contribution in [-0.2, 0) is 24.1 Å². The van der Waals surface area contributed by atoms with Crippen LogP contribution in [0.3, 0.4) is 0 Å². The highest BCUT2D eigenvalue weighted by molar-refractivity contribution is 8.00. The fraction of sp³-hybridized carbons (Fsp3) is 0.562. The molecule has 9 heteroatoms. The molecule has 2 aromatic rings. The van der Waals surface area contributed by atoms with Gasteiger partial charge in [-0.15, -0.1) is 11.8 Å². The van der Waals surface area contributed by atoms with Gasteiger partial charge in [-0.1, -0.05) is 38.6 Å². The summed E-state index contributed by atoms with van der Waals surface area (Å²) in [6.07, 6.45) is 6.62. The standard InChI is InChI=1S/C32H42N6O2S/c1-5-26-27(19-29-22(3)18-23-10-7-8-12-28(23)41-29)34-32(40-21-25-11-9-15-36(25)4)35-31(26)37-16-17-38(30(39)6-2)24(20-37)13-14-33/h6-8,10,12,22,24-25,29H,2,5,9,11,13,15-21H2,1,3-4H3/t22?,24?,25?,29-/m1/s1. The number of rotatable bonds is 9. The van der Waals surface area contributed by atoms with Gasteiger partial charge in [0.15, 0.2) is 0 Å². The number of aromatic nitrogens is 2. The Balaban J connectivity index is 1.46. The molecule has 0 bridgehead atoms. The first-order valence-corrected chi connectivity index (χ1v) is 15.8. The molecule has 4 atom stereocenters. The number of carbonyl (C=O) groups excluding carboxylic acids is 1. The lowest BCUT2D eigenvalue weighted by atomic mass is 9.93. The van der Waals surface area contributed by atoms with Crippen LogP contribution in [0.15, 0.2) is 41.8 Å². The van der Waals surface area contributed by atoms with Gasteiger partial charge in [0.25, 0.3) is 0 Å². The van der Waals surface area contributed by atoms with Crippen molar-refractivity contribution in [3.8, 4) is 12.1 Å². The number of ether oxygens (including phenoxy) is 1. The average molecular weight is 575 g/mol. The highest BCUT2D eigenvalue weighted by Crippen LogP contribution is 2.41. The minimum atomic E-state index is -0.218. The molecule has 0 N–H and O–H groups in total. The number of nitrogens with zero attached hydrogens (tertiary/aromatic N) is 6. The quantitative estimate of drug-likeness (QED) is 0.404. The van der Waals surface area contributed by atoms with Crippen molar-refractivity contribution in [1.29, 1.82) is 5.26 Å². The van der Waals surface area contributed by atoms with E-state index in [2.05, 4.69) is 67.6 Å². The van der Waals surface area contributed by atoms with Crippen molar-refractivity contribution in [2.75, 3.05) is 44.7 Å². The van der Waals surface area contributed by atoms with E-state index in [-0.39, 0.29) is 18.4 Å². The van der Waals surface area contributed by atoms with E-state index in [4.69, 9.17) is 14.7 Å². The number of benzene rings is 1. The third-order valence-electron chi connectivity index (χ3n) is 8.87. The number of anilines is 1. The molecule has 2 saturated heterocycles. The number of piperazine rings is 1. The molecule has 5 rings (SSSR count). The van der Waals surface area contributed by atoms with Crippen LogP contribution in [0.5, 0.6) is 6.01 Å². The number of fused-ring (bicyclic) bond motifs is 1. The lowest BCUT2D eigenvalue weighted by Gasteiger charge is -2.41. The lowest BCUT2D eigenvalue weighted by molar-refractivity contribution is -0.128. The molecule has 41 heavy (non-hydrogen) atoms. The van der Waals surface area contributed by atoms with E-state index in [1.165, 1.54) is 23.0 Å². The molecule has 1 aromatic heterocycles. The Kier molecular flexibility index (Phi) is 9.51. The molecule has 218 valence electrons. The summed E-state index contributed by atoms with van der Waals surface area (Å²) >= 11 is 1.96. The van der Waals surface area contributed by atoms with Gasteiger partial charge >= 0.3 is 6.01 Å². The Hall–Kier alpha value is -3.09. The first-order chi connectivity index (χ1) is 19.9. The predicted octanol–water partition coefficient (Wildman–Crippen LogP) is 4.52. The predicted molar refractivity (Wildman–Crippen MR) is 163 cm³/mol. The molecule has 0 saturated carbocycles. The summed E-state index contributed by atoms with van der Waals surface area (Å²) in [6.45, 7) is 11.5. The van der Waals surface area contributed by atoms with Crippen molar-refractivity contribution in [3.63, 3.8) is 0 Å². The summed E-state index contributed by atoms with van der Waals surface area (Å²) in [4.78, 5) is 30.3. The van der Waals surface area contributed by atoms with Crippen LogP contribution in [0.25, 0.3) is 0 Å². The molecule has 3 aliphatic rings. The highest BCUT2D eigenvalue weighted by Gasteiger charge is 2.33. The minimum absolute atomic E-state index is 0.128. The second-order valence-corrected chi connectivity index (χ2v) is 12.8. The summed E-state index contributed by atoms with van der Waals surface area (Å²) in [7, 11) is 2.15. The van der Waals surface area contributed by atoms with Crippen molar-refractivity contribution in [2.24, 2.45) is 5.92 Å². The Morgan fingerprint density at radius 3 is 2.80 bits per heavy atom. The summed E-state index contributed by atoms with van der Waals surface area (Å²) in [6, 6.07) is 11.6. The number of carbonyl (C=O) groups is 1. The van der Waals surface area contributed by atoms with E-state index in [0.717, 1.165) is 49.3 Å². The zero-order valence-corrected chi connectivity index (χ0v) is 25.4. The third-order valence-corrected chi connectivity index (χ3v) is 10.5. The summed E-state index contributed by atoms with van der Waals surface area (Å²) < 4.78 is 6.33. The van der Waals surface area contributed by atoms with E-state index in [1.54, 1.807) is 4.90 Å². The fourth-order valence-electron chi connectivity index (χ4n) is 6.43. The van der Waals surface area contributed by atoms with Gasteiger partial charge in [0.2, 0.25) is 5.91 Å². The average Bonchev–Trinajstić information content (AvgIpc) is 3.40. The first kappa shape index (κ1) is 29.4. The molecular formula is C32H42N6O2S. The van der Waals surface area contributed by atoms with E-state index >= 15 is 0 Å². The van der Waals surface area contributed by atoms with E-state index in [9.17, 15) is 10.1 Å². The molecule has 8 nitrogen and oxygen atoms in total. The van der Waals surface area contributed by atoms with Crippen molar-refractivity contribution < 1.29 is 9.53 Å². The second-order valence-electron chi connectivity index (χ2n) is 11.5. The summed E-state index contributed by atoms with van der Waals surface area (Å²) in [5, 5.41) is 9.93. The molecule has 1 amide bonds. The lowest BCUT2D eigenvalue weighted by Crippen LogP contribution is -2.55. The van der Waals surface area contributed by atoms with Crippen molar-refractivity contribution in [1.82, 2.24) is 19.8 Å². The largest absolute Gasteiger partial charge is 0.462 e. The van der Waals surface area contributed by atoms with Gasteiger partial charge in [-0.05, 0) is 62.9 Å². The van der Waals surface area contributed by atoms with Gasteiger partial charge in [0.05, 0.1) is 24.2 Å². The topological polar surface area (TPSA) is 85.6 Å². The van der Waals surface area contributed by atoms with Crippen LogP contribution in [0.2, 0.25) is 0 Å². The normalized spacial score (nSPS) is 24.5. The number of likely N-dealkylation sites (N-methyl/N-ethyl adjacent to an activating group) is 1. The SMILES string of the molecule is C=CC(=O)N1CCN(c2nc(OCC3CCCN3C)nc(C[C@H]3Sc4ccccc4CC3C)c2CC)CC1CC#N. The van der Waals surface area contributed by atoms with Gasteiger partial charge in [-0.3, -0.25) is 4.79 Å². The van der Waals surface area contributed by atoms with Crippen molar-refractivity contribution in [3.05, 3.63) is 53.7 Å². The number of nitriles is 1. The smallest absolute Gasteiger partial charge is 0.318 e. The molecular weight excluding hydrogens is 532 g/mol. The molecule has 0 aliphatic carbocycles. The fourth-order valence-corrected chi connectivity index (χ4v) is 7.78. The molecule has 0 spiro atoms. The maximum atomic E-state index is 12.5. The molecule has 1 aromatic carbocycles. The van der Waals surface area contributed by atoms with E-state index in [0.29, 0.717) is 49.5 Å². The van der Waals surface area contributed by atoms with Gasteiger partial charge in [0, 0.05) is 47.8 Å². The molecule has 4 heterocycles. The van der Waals surface area contributed by atoms with Crippen molar-refractivity contribution in [2.45, 2.75) is 74.6 Å². The van der Waals surface area contributed by atoms with Crippen molar-refractivity contribution >= 4 is 23.5 Å². The van der Waals surface area contributed by atoms with Crippen LogP contribution in [0.4, 0.5) is 5.82 Å². The molecule has 3 aliphatic heterocycles. The van der Waals surface area contributed by atoms with Gasteiger partial charge < -0.3 is 19.4 Å². The van der Waals surface area contributed by atoms with Gasteiger partial charge in [-0.25, -0.2) is 0 Å². The monoisotopic (exact) mass is 574 g/mol. The number of likely N-dealkylation sites (tertiary alicyclic amines) is 1. The van der Waals surface area contributed by atoms with Crippen LogP contribution in [0, 0.1) is 17.2 Å². The third kappa shape index (κ3) is 6.54. The maximum Gasteiger partial charge on any atom is 0.318 e. The van der Waals surface area contributed by atoms with Crippen LogP contribution >= 0.6 is 11.8 Å². The zero-order chi connectivity index (χ0) is 28.9. The number of amides is 1. The Morgan fingerprint density at radius 1 is 1.24 bits per heavy atom. The number of thioether (sulfide) groups is 1. The van der Waals surface area contributed by atoms with E-state index < -0.39 is 0 Å². The van der Waals surface area contributed by atoms with Crippen LogP contribution in [-0.4, -0.2) is 82.8 Å². The van der Waals surface area contributed by atoms with Gasteiger partial charge in [-0.2, -0.15) is 15.2 Å². The summed E-state index contributed by atoms with van der Waals surface area (Å²) in [5.74, 6) is 1.27. The van der Waals surface area contributed by atoms with Crippen LogP contribution < -0.4 is 9.64 Å². The zero-order valence-electron chi connectivity index (χ0n) is 24.6. The Bertz CT molecular complexity index is 1300. The second kappa shape index (κ2) is 13.3. The Morgan fingerprint density at radius 2 is 2.07 bits per heavy atom. The molecule has 2 fully saturated rings. The maximum absolute atomic E-state index is 12.5. The minimum Gasteiger partial charge on any atom is -0.462 e. The highest BCUT2D eigenvalue weighted by atomic mass is 32.2. The molecule has 0 radical (unpaired) electrons. The first-order valence-electron chi connectivity index (χ1n) is 14.9. The van der Waals surface area contributed by atoms with Gasteiger partial charge in [0.1, 0.15) is 12.4 Å². The number of hydrogen-bond donors (Lipinski definition) is 0. The molecule has 3 unspecified atom stereocenters. The van der Waals surface area contributed by atoms with E-state index in [1.807, 2.05) is 11.8 Å². The van der Waals surface area contributed by atoms with Crippen LogP contribution in [0.1, 0.15) is 49.9 Å².